The quantitative estimate of drug-likeness (QED) is 0.587. The average Bonchev–Trinajstić information content (AvgIpc) is 2.58. The maximum Gasteiger partial charge on any atom is 0.312 e. The van der Waals surface area contributed by atoms with Crippen LogP contribution in [0.25, 0.3) is 0 Å². The molecule has 1 aromatic heterocycles. The lowest BCUT2D eigenvalue weighted by atomic mass is 9.95. The number of hydrogen-bond acceptors (Lipinski definition) is 7. The topological polar surface area (TPSA) is 138 Å². The number of nitrogens with zero attached hydrogens (tertiary/aromatic N) is 1. The van der Waals surface area contributed by atoms with Gasteiger partial charge in [-0.25, -0.2) is 0 Å². The predicted molar refractivity (Wildman–Crippen MR) is 86.1 cm³/mol. The fourth-order valence-corrected chi connectivity index (χ4v) is 2.08. The van der Waals surface area contributed by atoms with Gasteiger partial charge in [-0.05, 0) is 26.0 Å². The van der Waals surface area contributed by atoms with Crippen molar-refractivity contribution >= 4 is 23.8 Å². The van der Waals surface area contributed by atoms with Gasteiger partial charge in [0.1, 0.15) is 6.04 Å². The Hall–Kier alpha value is -2.97. The van der Waals surface area contributed by atoms with E-state index in [9.17, 15) is 19.2 Å². The summed E-state index contributed by atoms with van der Waals surface area (Å²) in [6.45, 7) is 3.34. The fraction of sp³-hybridized carbons (Fsp3) is 0.438. The molecule has 0 saturated heterocycles. The molecule has 2 atom stereocenters. The van der Waals surface area contributed by atoms with Gasteiger partial charge in [-0.15, -0.1) is 0 Å². The second kappa shape index (κ2) is 10.0. The lowest BCUT2D eigenvalue weighted by Crippen LogP contribution is -2.52. The van der Waals surface area contributed by atoms with Gasteiger partial charge >= 0.3 is 11.9 Å². The van der Waals surface area contributed by atoms with Crippen molar-refractivity contribution in [3.63, 3.8) is 0 Å². The highest BCUT2D eigenvalue weighted by molar-refractivity contribution is 5.99. The molecule has 0 fully saturated rings. The SMILES string of the molecule is CCOC(=O)C[C@H](C(=O)OCC)[C@H](NC(=O)c1ccncc1)C(N)=O. The van der Waals surface area contributed by atoms with E-state index >= 15 is 0 Å². The molecular formula is C16H21N3O6. The van der Waals surface area contributed by atoms with Crippen molar-refractivity contribution in [3.8, 4) is 0 Å². The van der Waals surface area contributed by atoms with Crippen LogP contribution in [0.4, 0.5) is 0 Å². The first-order valence-corrected chi connectivity index (χ1v) is 7.73. The van der Waals surface area contributed by atoms with E-state index in [0.717, 1.165) is 0 Å². The molecule has 25 heavy (non-hydrogen) atoms. The zero-order valence-corrected chi connectivity index (χ0v) is 14.1. The third-order valence-electron chi connectivity index (χ3n) is 3.22. The van der Waals surface area contributed by atoms with Gasteiger partial charge in [0.2, 0.25) is 5.91 Å². The minimum atomic E-state index is -1.43. The number of esters is 2. The first kappa shape index (κ1) is 20.1. The maximum absolute atomic E-state index is 12.2. The van der Waals surface area contributed by atoms with E-state index in [-0.39, 0.29) is 18.8 Å². The standard InChI is InChI=1S/C16H21N3O6/c1-3-24-12(20)9-11(16(23)25-4-2)13(14(17)21)19-15(22)10-5-7-18-8-6-10/h5-8,11,13H,3-4,9H2,1-2H3,(H2,17,21)(H,19,22)/t11-,13-/m0/s1. The number of hydrogen-bond donors (Lipinski definition) is 2. The maximum atomic E-state index is 12.2. The van der Waals surface area contributed by atoms with Crippen molar-refractivity contribution in [2.45, 2.75) is 26.3 Å². The van der Waals surface area contributed by atoms with Crippen molar-refractivity contribution in [3.05, 3.63) is 30.1 Å². The zero-order chi connectivity index (χ0) is 18.8. The molecule has 0 saturated carbocycles. The molecule has 0 aromatic carbocycles. The molecule has 136 valence electrons. The van der Waals surface area contributed by atoms with Crippen LogP contribution < -0.4 is 11.1 Å². The van der Waals surface area contributed by atoms with Crippen LogP contribution in [0, 0.1) is 5.92 Å². The number of primary amides is 1. The van der Waals surface area contributed by atoms with Crippen LogP contribution in [0.15, 0.2) is 24.5 Å². The Morgan fingerprint density at radius 3 is 2.24 bits per heavy atom. The van der Waals surface area contributed by atoms with E-state index in [0.29, 0.717) is 0 Å². The normalized spacial score (nSPS) is 12.6. The van der Waals surface area contributed by atoms with E-state index in [2.05, 4.69) is 10.3 Å². The van der Waals surface area contributed by atoms with Crippen LogP contribution in [0.5, 0.6) is 0 Å². The Morgan fingerprint density at radius 1 is 1.12 bits per heavy atom. The summed E-state index contributed by atoms with van der Waals surface area (Å²) in [5.41, 5.74) is 5.54. The number of ether oxygens (including phenoxy) is 2. The van der Waals surface area contributed by atoms with E-state index in [1.165, 1.54) is 24.5 Å². The number of amides is 2. The van der Waals surface area contributed by atoms with Gasteiger partial charge < -0.3 is 20.5 Å². The monoisotopic (exact) mass is 351 g/mol. The smallest absolute Gasteiger partial charge is 0.312 e. The Balaban J connectivity index is 3.01. The Labute approximate surface area is 144 Å². The largest absolute Gasteiger partial charge is 0.466 e. The van der Waals surface area contributed by atoms with Crippen LogP contribution in [-0.2, 0) is 23.9 Å². The summed E-state index contributed by atoms with van der Waals surface area (Å²) in [5.74, 6) is -4.42. The van der Waals surface area contributed by atoms with Gasteiger partial charge in [0.25, 0.3) is 5.91 Å². The molecule has 0 bridgehead atoms. The summed E-state index contributed by atoms with van der Waals surface area (Å²) in [6, 6.07) is 1.43. The van der Waals surface area contributed by atoms with E-state index in [4.69, 9.17) is 15.2 Å². The molecule has 3 N–H and O–H groups in total. The van der Waals surface area contributed by atoms with Crippen LogP contribution in [0.1, 0.15) is 30.6 Å². The Morgan fingerprint density at radius 2 is 1.72 bits per heavy atom. The number of carbonyl (C=O) groups is 4. The molecule has 0 spiro atoms. The number of carbonyl (C=O) groups excluding carboxylic acids is 4. The number of pyridine rings is 1. The molecule has 9 heteroatoms. The highest BCUT2D eigenvalue weighted by Crippen LogP contribution is 2.14. The summed E-state index contributed by atoms with van der Waals surface area (Å²) in [4.78, 5) is 51.7. The summed E-state index contributed by atoms with van der Waals surface area (Å²) < 4.78 is 9.69. The molecule has 9 nitrogen and oxygen atoms in total. The summed E-state index contributed by atoms with van der Waals surface area (Å²) in [7, 11) is 0. The van der Waals surface area contributed by atoms with Crippen molar-refractivity contribution < 1.29 is 28.7 Å². The Bertz CT molecular complexity index is 620. The van der Waals surface area contributed by atoms with Crippen molar-refractivity contribution in [2.75, 3.05) is 13.2 Å². The van der Waals surface area contributed by atoms with Gasteiger partial charge in [0, 0.05) is 18.0 Å². The van der Waals surface area contributed by atoms with Crippen molar-refractivity contribution in [1.29, 1.82) is 0 Å². The number of rotatable bonds is 9. The second-order valence-corrected chi connectivity index (χ2v) is 4.96. The molecule has 1 heterocycles. The lowest BCUT2D eigenvalue weighted by molar-refractivity contribution is -0.156. The van der Waals surface area contributed by atoms with Crippen LogP contribution in [0.3, 0.4) is 0 Å². The molecule has 0 unspecified atom stereocenters. The zero-order valence-electron chi connectivity index (χ0n) is 14.1. The highest BCUT2D eigenvalue weighted by atomic mass is 16.5. The number of nitrogens with two attached hydrogens (primary N) is 1. The summed E-state index contributed by atoms with van der Waals surface area (Å²) in [5, 5.41) is 2.37. The van der Waals surface area contributed by atoms with Gasteiger partial charge in [-0.1, -0.05) is 0 Å². The molecular weight excluding hydrogens is 330 g/mol. The molecule has 0 aliphatic rings. The average molecular weight is 351 g/mol. The van der Waals surface area contributed by atoms with Gasteiger partial charge in [-0.2, -0.15) is 0 Å². The molecule has 1 rings (SSSR count). The van der Waals surface area contributed by atoms with Crippen LogP contribution in [-0.4, -0.2) is 48.0 Å². The lowest BCUT2D eigenvalue weighted by Gasteiger charge is -2.23. The van der Waals surface area contributed by atoms with E-state index in [1.54, 1.807) is 13.8 Å². The van der Waals surface area contributed by atoms with Crippen molar-refractivity contribution in [1.82, 2.24) is 10.3 Å². The predicted octanol–water partition coefficient (Wildman–Crippen LogP) is -0.202. The molecule has 0 aliphatic carbocycles. The van der Waals surface area contributed by atoms with Gasteiger partial charge in [0.05, 0.1) is 25.6 Å². The van der Waals surface area contributed by atoms with Crippen molar-refractivity contribution in [2.24, 2.45) is 11.7 Å². The van der Waals surface area contributed by atoms with Gasteiger partial charge in [0.15, 0.2) is 0 Å². The first-order chi connectivity index (χ1) is 11.9. The third kappa shape index (κ3) is 6.21. The van der Waals surface area contributed by atoms with Crippen LogP contribution >= 0.6 is 0 Å². The third-order valence-corrected chi connectivity index (χ3v) is 3.22. The molecule has 0 aliphatic heterocycles. The van der Waals surface area contributed by atoms with Crippen LogP contribution in [0.2, 0.25) is 0 Å². The minimum Gasteiger partial charge on any atom is -0.466 e. The Kier molecular flexibility index (Phi) is 8.04. The highest BCUT2D eigenvalue weighted by Gasteiger charge is 2.37. The van der Waals surface area contributed by atoms with Gasteiger partial charge in [-0.3, -0.25) is 24.2 Å². The molecule has 1 aromatic rings. The molecule has 0 radical (unpaired) electrons. The summed E-state index contributed by atoms with van der Waals surface area (Å²) in [6.07, 6.45) is 2.35. The van der Waals surface area contributed by atoms with E-state index in [1.807, 2.05) is 0 Å². The summed E-state index contributed by atoms with van der Waals surface area (Å²) >= 11 is 0. The number of nitrogens with one attached hydrogen (secondary N) is 1. The number of aromatic nitrogens is 1. The second-order valence-electron chi connectivity index (χ2n) is 4.96. The first-order valence-electron chi connectivity index (χ1n) is 7.73. The minimum absolute atomic E-state index is 0.0436. The van der Waals surface area contributed by atoms with E-state index < -0.39 is 42.1 Å². The molecule has 2 amide bonds. The fourth-order valence-electron chi connectivity index (χ4n) is 2.08.